The Morgan fingerprint density at radius 2 is 1.67 bits per heavy atom. The van der Waals surface area contributed by atoms with E-state index in [9.17, 15) is 14.2 Å². The zero-order valence-corrected chi connectivity index (χ0v) is 16.8. The summed E-state index contributed by atoms with van der Waals surface area (Å²) in [4.78, 5) is 24.3. The minimum absolute atomic E-state index is 0.0434. The van der Waals surface area contributed by atoms with E-state index in [-0.39, 0.29) is 25.5 Å². The van der Waals surface area contributed by atoms with Crippen LogP contribution in [0.4, 0.5) is 10.5 Å². The van der Waals surface area contributed by atoms with Gasteiger partial charge in [-0.2, -0.15) is 5.10 Å². The smallest absolute Gasteiger partial charge is 0.350 e. The van der Waals surface area contributed by atoms with Gasteiger partial charge < -0.3 is 19.1 Å². The molecule has 0 aromatic heterocycles. The van der Waals surface area contributed by atoms with Gasteiger partial charge in [-0.1, -0.05) is 18.2 Å². The van der Waals surface area contributed by atoms with Crippen LogP contribution >= 0.6 is 7.60 Å². The van der Waals surface area contributed by atoms with Crippen LogP contribution in [-0.4, -0.2) is 43.2 Å². The molecule has 1 aromatic carbocycles. The second-order valence-corrected chi connectivity index (χ2v) is 7.33. The van der Waals surface area contributed by atoms with Crippen LogP contribution in [0, 0.1) is 0 Å². The average molecular weight is 399 g/mol. The van der Waals surface area contributed by atoms with Crippen LogP contribution in [0.1, 0.15) is 27.7 Å². The number of amides is 2. The summed E-state index contributed by atoms with van der Waals surface area (Å²) in [7, 11) is -3.87. The van der Waals surface area contributed by atoms with Crippen molar-refractivity contribution in [1.82, 2.24) is 5.43 Å². The van der Waals surface area contributed by atoms with Crippen LogP contribution in [0.3, 0.4) is 0 Å². The molecule has 9 nitrogen and oxygen atoms in total. The first-order chi connectivity index (χ1) is 12.9. The topological polar surface area (TPSA) is 115 Å². The van der Waals surface area contributed by atoms with Gasteiger partial charge in [-0.25, -0.2) is 10.2 Å². The number of hydrazone groups is 1. The third kappa shape index (κ3) is 7.13. The van der Waals surface area contributed by atoms with E-state index in [0.717, 1.165) is 0 Å². The number of benzene rings is 1. The molecule has 1 unspecified atom stereocenters. The van der Waals surface area contributed by atoms with Crippen molar-refractivity contribution < 1.29 is 27.9 Å². The van der Waals surface area contributed by atoms with Gasteiger partial charge in [0.15, 0.2) is 5.66 Å². The van der Waals surface area contributed by atoms with Crippen LogP contribution in [0.15, 0.2) is 35.4 Å². The van der Waals surface area contributed by atoms with Crippen molar-refractivity contribution in [3.63, 3.8) is 0 Å². The SMILES string of the molecule is CCOC(=O)C(/C(C)=N/NC(=O)Nc1ccccc1)P(=O)(OCC)OCC. The number of para-hydroxylation sites is 1. The first-order valence-corrected chi connectivity index (χ1v) is 10.2. The monoisotopic (exact) mass is 399 g/mol. The molecule has 0 radical (unpaired) electrons. The van der Waals surface area contributed by atoms with Crippen LogP contribution < -0.4 is 10.7 Å². The fraction of sp³-hybridized carbons (Fsp3) is 0.471. The van der Waals surface area contributed by atoms with E-state index in [2.05, 4.69) is 15.8 Å². The molecule has 0 fully saturated rings. The van der Waals surface area contributed by atoms with E-state index in [1.54, 1.807) is 45.0 Å². The maximum Gasteiger partial charge on any atom is 0.350 e. The summed E-state index contributed by atoms with van der Waals surface area (Å²) in [6.45, 7) is 6.56. The van der Waals surface area contributed by atoms with E-state index >= 15 is 0 Å². The number of nitrogens with zero attached hydrogens (tertiary/aromatic N) is 1. The van der Waals surface area contributed by atoms with Gasteiger partial charge in [0.05, 0.1) is 25.5 Å². The third-order valence-electron chi connectivity index (χ3n) is 3.21. The first kappa shape index (κ1) is 22.8. The second-order valence-electron chi connectivity index (χ2n) is 5.22. The molecule has 0 spiro atoms. The molecule has 0 aliphatic carbocycles. The fourth-order valence-electron chi connectivity index (χ4n) is 2.18. The number of carbonyl (C=O) groups is 2. The van der Waals surface area contributed by atoms with Gasteiger partial charge in [0.25, 0.3) is 0 Å². The fourth-order valence-corrected chi connectivity index (χ4v) is 4.12. The van der Waals surface area contributed by atoms with Gasteiger partial charge >= 0.3 is 19.6 Å². The summed E-state index contributed by atoms with van der Waals surface area (Å²) in [5.74, 6) is -0.797. The standard InChI is InChI=1S/C17H26N3O6P/c1-5-24-16(21)15(27(23,25-6-2)26-7-3)13(4)19-20-17(22)18-14-11-9-8-10-12-14/h8-12,15H,5-7H2,1-4H3,(H2,18,20,22)/b19-13+. The highest BCUT2D eigenvalue weighted by Crippen LogP contribution is 2.53. The van der Waals surface area contributed by atoms with E-state index in [4.69, 9.17) is 13.8 Å². The normalized spacial score (nSPS) is 13.0. The van der Waals surface area contributed by atoms with Crippen LogP contribution in [0.25, 0.3) is 0 Å². The number of urea groups is 1. The number of esters is 1. The van der Waals surface area contributed by atoms with E-state index in [1.807, 2.05) is 6.07 Å². The molecule has 2 amide bonds. The quantitative estimate of drug-likeness (QED) is 0.270. The largest absolute Gasteiger partial charge is 0.465 e. The molecular weight excluding hydrogens is 373 g/mol. The Hall–Kier alpha value is -2.22. The van der Waals surface area contributed by atoms with Crippen molar-refractivity contribution >= 4 is 31.0 Å². The Morgan fingerprint density at radius 3 is 2.19 bits per heavy atom. The molecule has 0 saturated heterocycles. The van der Waals surface area contributed by atoms with Crippen molar-refractivity contribution in [2.24, 2.45) is 5.10 Å². The zero-order chi connectivity index (χ0) is 20.3. The van der Waals surface area contributed by atoms with Crippen molar-refractivity contribution in [3.8, 4) is 0 Å². The zero-order valence-electron chi connectivity index (χ0n) is 15.9. The minimum Gasteiger partial charge on any atom is -0.465 e. The Bertz CT molecular complexity index is 685. The lowest BCUT2D eigenvalue weighted by atomic mass is 10.3. The van der Waals surface area contributed by atoms with Gasteiger partial charge in [0, 0.05) is 5.69 Å². The lowest BCUT2D eigenvalue weighted by molar-refractivity contribution is -0.141. The number of ether oxygens (including phenoxy) is 1. The molecule has 0 aliphatic heterocycles. The summed E-state index contributed by atoms with van der Waals surface area (Å²) in [5, 5.41) is 6.45. The lowest BCUT2D eigenvalue weighted by Crippen LogP contribution is -2.35. The number of anilines is 1. The van der Waals surface area contributed by atoms with Crippen molar-refractivity contribution in [2.75, 3.05) is 25.1 Å². The van der Waals surface area contributed by atoms with Crippen LogP contribution in [0.2, 0.25) is 0 Å². The number of nitrogens with one attached hydrogen (secondary N) is 2. The Kier molecular flexibility index (Phi) is 9.71. The average Bonchev–Trinajstić information content (AvgIpc) is 2.61. The Balaban J connectivity index is 2.98. The molecule has 1 atom stereocenters. The molecule has 0 saturated carbocycles. The van der Waals surface area contributed by atoms with E-state index in [0.29, 0.717) is 5.69 Å². The molecule has 0 heterocycles. The van der Waals surface area contributed by atoms with E-state index < -0.39 is 25.3 Å². The summed E-state index contributed by atoms with van der Waals surface area (Å²) in [6, 6.07) is 8.13. The lowest BCUT2D eigenvalue weighted by Gasteiger charge is -2.24. The van der Waals surface area contributed by atoms with Crippen LogP contribution in [0.5, 0.6) is 0 Å². The second kappa shape index (κ2) is 11.5. The van der Waals surface area contributed by atoms with Crippen molar-refractivity contribution in [1.29, 1.82) is 0 Å². The number of carbonyl (C=O) groups excluding carboxylic acids is 2. The predicted octanol–water partition coefficient (Wildman–Crippen LogP) is 3.38. The van der Waals surface area contributed by atoms with Gasteiger partial charge in [0.1, 0.15) is 0 Å². The summed E-state index contributed by atoms with van der Waals surface area (Å²) < 4.78 is 28.5. The number of rotatable bonds is 10. The molecule has 10 heteroatoms. The molecule has 2 N–H and O–H groups in total. The van der Waals surface area contributed by atoms with Crippen molar-refractivity contribution in [2.45, 2.75) is 33.4 Å². The van der Waals surface area contributed by atoms with Gasteiger partial charge in [0.2, 0.25) is 0 Å². The van der Waals surface area contributed by atoms with Gasteiger partial charge in [-0.15, -0.1) is 0 Å². The first-order valence-electron chi connectivity index (χ1n) is 8.59. The Labute approximate surface area is 159 Å². The molecule has 0 aliphatic rings. The number of hydrogen-bond acceptors (Lipinski definition) is 7. The molecule has 150 valence electrons. The van der Waals surface area contributed by atoms with Crippen molar-refractivity contribution in [3.05, 3.63) is 30.3 Å². The van der Waals surface area contributed by atoms with Gasteiger partial charge in [-0.3, -0.25) is 9.36 Å². The third-order valence-corrected chi connectivity index (χ3v) is 5.66. The van der Waals surface area contributed by atoms with E-state index in [1.165, 1.54) is 6.92 Å². The summed E-state index contributed by atoms with van der Waals surface area (Å²) in [6.07, 6.45) is 0. The Morgan fingerprint density at radius 1 is 1.07 bits per heavy atom. The molecule has 27 heavy (non-hydrogen) atoms. The highest BCUT2D eigenvalue weighted by molar-refractivity contribution is 7.57. The van der Waals surface area contributed by atoms with Gasteiger partial charge in [-0.05, 0) is 39.8 Å². The maximum absolute atomic E-state index is 13.1. The predicted molar refractivity (Wildman–Crippen MR) is 103 cm³/mol. The molecule has 0 bridgehead atoms. The van der Waals surface area contributed by atoms with Crippen LogP contribution in [-0.2, 0) is 23.1 Å². The molecule has 1 aromatic rings. The number of hydrogen-bond donors (Lipinski definition) is 2. The minimum atomic E-state index is -3.87. The highest BCUT2D eigenvalue weighted by Gasteiger charge is 2.44. The molecular formula is C17H26N3O6P. The molecule has 1 rings (SSSR count). The maximum atomic E-state index is 13.1. The summed E-state index contributed by atoms with van der Waals surface area (Å²) >= 11 is 0. The highest BCUT2D eigenvalue weighted by atomic mass is 31.2. The summed E-state index contributed by atoms with van der Waals surface area (Å²) in [5.41, 5.74) is 1.49.